The molecule has 0 bridgehead atoms. The minimum Gasteiger partial charge on any atom is -0.462 e. The third-order valence-electron chi connectivity index (χ3n) is 6.41. The van der Waals surface area contributed by atoms with E-state index in [-0.39, 0.29) is 5.75 Å². The molecular formula is C26H32F2N3O9P. The van der Waals surface area contributed by atoms with Crippen molar-refractivity contribution in [2.24, 2.45) is 0 Å². The molecule has 4 N–H and O–H groups in total. The summed E-state index contributed by atoms with van der Waals surface area (Å²) in [5, 5.41) is 26.5. The lowest BCUT2D eigenvalue weighted by Crippen LogP contribution is -2.58. The molecule has 15 heteroatoms. The third-order valence-corrected chi connectivity index (χ3v) is 8.02. The second-order valence-electron chi connectivity index (χ2n) is 10.1. The first kappa shape index (κ1) is 30.8. The molecule has 0 aliphatic carbocycles. The van der Waals surface area contributed by atoms with Gasteiger partial charge in [-0.05, 0) is 39.1 Å². The second-order valence-corrected chi connectivity index (χ2v) is 11.8. The molecule has 0 saturated carbocycles. The Bertz CT molecular complexity index is 1370. The highest BCUT2D eigenvalue weighted by molar-refractivity contribution is 7.52. The van der Waals surface area contributed by atoms with E-state index in [4.69, 9.17) is 18.5 Å². The van der Waals surface area contributed by atoms with Gasteiger partial charge in [-0.15, -0.1) is 0 Å². The molecule has 2 aliphatic heterocycles. The van der Waals surface area contributed by atoms with Crippen molar-refractivity contribution in [3.63, 3.8) is 0 Å². The summed E-state index contributed by atoms with van der Waals surface area (Å²) in [5.41, 5.74) is -2.85. The highest BCUT2D eigenvalue weighted by atomic mass is 31.2. The molecule has 2 aromatic rings. The largest absolute Gasteiger partial charge is 0.462 e. The van der Waals surface area contributed by atoms with Gasteiger partial charge in [0.15, 0.2) is 18.0 Å². The number of amides is 1. The molecule has 12 nitrogen and oxygen atoms in total. The number of hydrogen-bond donors (Lipinski definition) is 4. The minimum absolute atomic E-state index is 0.0645. The summed E-state index contributed by atoms with van der Waals surface area (Å²) < 4.78 is 67.1. The number of hydrogen-bond acceptors (Lipinski definition) is 10. The van der Waals surface area contributed by atoms with Crippen LogP contribution in [0, 0.1) is 0 Å². The van der Waals surface area contributed by atoms with Gasteiger partial charge < -0.3 is 34.4 Å². The number of nitrogens with zero attached hydrogens (tertiary/aromatic N) is 1. The Morgan fingerprint density at radius 1 is 1.20 bits per heavy atom. The lowest BCUT2D eigenvalue weighted by atomic mass is 9.97. The first-order chi connectivity index (χ1) is 19.1. The van der Waals surface area contributed by atoms with Crippen molar-refractivity contribution in [2.45, 2.75) is 70.0 Å². The highest BCUT2D eigenvalue weighted by Gasteiger charge is 2.66. The number of halogens is 2. The maximum atomic E-state index is 16.0. The normalized spacial score (nSPS) is 30.2. The molecular weight excluding hydrogens is 567 g/mol. The van der Waals surface area contributed by atoms with Gasteiger partial charge in [-0.25, -0.2) is 13.3 Å². The summed E-state index contributed by atoms with van der Waals surface area (Å²) in [7, 11) is -4.67. The Labute approximate surface area is 234 Å². The maximum absolute atomic E-state index is 16.0. The van der Waals surface area contributed by atoms with Crippen molar-refractivity contribution in [3.8, 4) is 5.75 Å². The molecule has 7 atom stereocenters. The zero-order valence-corrected chi connectivity index (χ0v) is 23.6. The summed E-state index contributed by atoms with van der Waals surface area (Å²) >= 11 is 0. The number of alkyl halides is 2. The molecule has 0 aromatic heterocycles. The minimum atomic E-state index is -4.67. The zero-order valence-electron chi connectivity index (χ0n) is 22.7. The van der Waals surface area contributed by atoms with Gasteiger partial charge in [0.05, 0.1) is 6.10 Å². The molecule has 224 valence electrons. The molecule has 3 unspecified atom stereocenters. The molecule has 0 radical (unpaired) electrons. The number of fused-ring (bicyclic) bond motifs is 1. The van der Waals surface area contributed by atoms with E-state index in [9.17, 15) is 24.4 Å². The van der Waals surface area contributed by atoms with E-state index >= 15 is 8.78 Å². The van der Waals surface area contributed by atoms with E-state index in [1.54, 1.807) is 50.2 Å². The van der Waals surface area contributed by atoms with E-state index in [2.05, 4.69) is 10.4 Å². The van der Waals surface area contributed by atoms with Crippen molar-refractivity contribution in [3.05, 3.63) is 54.7 Å². The molecule has 2 heterocycles. The Hall–Kier alpha value is -3.13. The van der Waals surface area contributed by atoms with Crippen LogP contribution in [0.15, 0.2) is 54.7 Å². The predicted octanol–water partition coefficient (Wildman–Crippen LogP) is 2.61. The topological polar surface area (TPSA) is 156 Å². The number of aliphatic hydroxyl groups excluding tert-OH is 2. The number of ether oxygens (including phenoxy) is 2. The fourth-order valence-electron chi connectivity index (χ4n) is 4.37. The van der Waals surface area contributed by atoms with Crippen LogP contribution in [0.1, 0.15) is 27.7 Å². The SMILES string of the molecule is CC(C)OC(=O)C(C)NP(=O)(OC[C@@]1(F)O[C@@H](N2C=CC(=O)NC2O)[C@](C)(F)[C@@H]1O)Oc1cccc2ccccc12. The zero-order chi connectivity index (χ0) is 30.2. The van der Waals surface area contributed by atoms with Crippen LogP contribution in [-0.4, -0.2) is 75.9 Å². The molecule has 2 aliphatic rings. The van der Waals surface area contributed by atoms with Crippen LogP contribution in [0.3, 0.4) is 0 Å². The number of esters is 1. The van der Waals surface area contributed by atoms with Crippen molar-refractivity contribution >= 4 is 30.4 Å². The third kappa shape index (κ3) is 6.53. The highest BCUT2D eigenvalue weighted by Crippen LogP contribution is 2.50. The van der Waals surface area contributed by atoms with E-state index < -0.39 is 68.6 Å². The monoisotopic (exact) mass is 599 g/mol. The number of benzene rings is 2. The maximum Gasteiger partial charge on any atom is 0.459 e. The molecule has 1 saturated heterocycles. The van der Waals surface area contributed by atoms with Gasteiger partial charge in [-0.2, -0.15) is 5.09 Å². The lowest BCUT2D eigenvalue weighted by molar-refractivity contribution is -0.224. The Morgan fingerprint density at radius 2 is 1.88 bits per heavy atom. The average Bonchev–Trinajstić information content (AvgIpc) is 3.07. The van der Waals surface area contributed by atoms with Crippen molar-refractivity contribution < 1.29 is 51.7 Å². The molecule has 4 rings (SSSR count). The van der Waals surface area contributed by atoms with Crippen LogP contribution in [0.25, 0.3) is 10.8 Å². The first-order valence-corrected chi connectivity index (χ1v) is 14.3. The van der Waals surface area contributed by atoms with Gasteiger partial charge in [0, 0.05) is 17.7 Å². The standard InChI is InChI=1S/C26H32F2N3O9P/c1-15(2)38-21(33)16(3)30-41(36,40-19-11-7-9-17-8-5-6-10-18(17)19)37-14-26(28)22(34)25(4,27)23(39-26)31-13-12-20(32)29-24(31)35/h5-13,15-16,22-24,34-35H,14H2,1-4H3,(H,29,32)(H,30,36)/t16?,22-,23+,24?,25+,26+,41?/m0/s1. The summed E-state index contributed by atoms with van der Waals surface area (Å²) in [4.78, 5) is 24.7. The number of carbonyl (C=O) groups is 2. The molecule has 0 spiro atoms. The van der Waals surface area contributed by atoms with Crippen LogP contribution in [0.5, 0.6) is 5.75 Å². The number of nitrogens with one attached hydrogen (secondary N) is 2. The van der Waals surface area contributed by atoms with Crippen LogP contribution in [-0.2, 0) is 28.2 Å². The number of carbonyl (C=O) groups excluding carboxylic acids is 2. The summed E-state index contributed by atoms with van der Waals surface area (Å²) in [6.07, 6.45) is -4.81. The number of aliphatic hydroxyl groups is 2. The Kier molecular flexibility index (Phi) is 8.74. The summed E-state index contributed by atoms with van der Waals surface area (Å²) in [6, 6.07) is 10.6. The lowest BCUT2D eigenvalue weighted by Gasteiger charge is -2.37. The van der Waals surface area contributed by atoms with Gasteiger partial charge in [-0.1, -0.05) is 36.4 Å². The van der Waals surface area contributed by atoms with E-state index in [0.717, 1.165) is 29.5 Å². The van der Waals surface area contributed by atoms with Crippen molar-refractivity contribution in [1.82, 2.24) is 15.3 Å². The Balaban J connectivity index is 1.61. The molecule has 2 aromatic carbocycles. The van der Waals surface area contributed by atoms with Gasteiger partial charge >= 0.3 is 13.7 Å². The van der Waals surface area contributed by atoms with Crippen molar-refractivity contribution in [2.75, 3.05) is 6.61 Å². The number of rotatable bonds is 10. The van der Waals surface area contributed by atoms with E-state index in [1.807, 2.05) is 0 Å². The quantitative estimate of drug-likeness (QED) is 0.235. The second kappa shape index (κ2) is 11.6. The van der Waals surface area contributed by atoms with Gasteiger partial charge in [0.2, 0.25) is 12.3 Å². The average molecular weight is 600 g/mol. The fourth-order valence-corrected chi connectivity index (χ4v) is 5.89. The van der Waals surface area contributed by atoms with E-state index in [0.29, 0.717) is 5.39 Å². The molecule has 1 fully saturated rings. The summed E-state index contributed by atoms with van der Waals surface area (Å²) in [5.74, 6) is -4.74. The van der Waals surface area contributed by atoms with E-state index in [1.165, 1.54) is 13.0 Å². The van der Waals surface area contributed by atoms with Crippen LogP contribution in [0.4, 0.5) is 8.78 Å². The van der Waals surface area contributed by atoms with Gasteiger partial charge in [0.1, 0.15) is 18.4 Å². The van der Waals surface area contributed by atoms with Crippen molar-refractivity contribution in [1.29, 1.82) is 0 Å². The van der Waals surface area contributed by atoms with Crippen LogP contribution >= 0.6 is 7.75 Å². The fraction of sp³-hybridized carbons (Fsp3) is 0.462. The first-order valence-electron chi connectivity index (χ1n) is 12.7. The van der Waals surface area contributed by atoms with Crippen LogP contribution in [0.2, 0.25) is 0 Å². The van der Waals surface area contributed by atoms with Gasteiger partial charge in [-0.3, -0.25) is 14.1 Å². The van der Waals surface area contributed by atoms with Gasteiger partial charge in [0.25, 0.3) is 5.85 Å². The van der Waals surface area contributed by atoms with Crippen LogP contribution < -0.4 is 14.9 Å². The molecule has 1 amide bonds. The molecule has 41 heavy (non-hydrogen) atoms. The smallest absolute Gasteiger partial charge is 0.459 e. The predicted molar refractivity (Wildman–Crippen MR) is 141 cm³/mol. The Morgan fingerprint density at radius 3 is 2.56 bits per heavy atom. The summed E-state index contributed by atoms with van der Waals surface area (Å²) in [6.45, 7) is 4.05.